The van der Waals surface area contributed by atoms with Crippen molar-refractivity contribution in [2.75, 3.05) is 0 Å². The molecule has 5 heteroatoms. The molecule has 2 aromatic rings. The molecule has 0 spiro atoms. The minimum atomic E-state index is -0.402. The standard InChI is InChI=1S/C12H13ClFN3/c1-17-6-5-11(16-17)10(15)7-8-3-2-4-9(13)12(8)14/h2-6,10H,7,15H2,1H3. The van der Waals surface area contributed by atoms with E-state index < -0.39 is 5.82 Å². The van der Waals surface area contributed by atoms with Gasteiger partial charge < -0.3 is 5.73 Å². The molecule has 2 N–H and O–H groups in total. The van der Waals surface area contributed by atoms with Crippen molar-refractivity contribution in [3.8, 4) is 0 Å². The number of hydrogen-bond donors (Lipinski definition) is 1. The van der Waals surface area contributed by atoms with Crippen molar-refractivity contribution in [1.82, 2.24) is 9.78 Å². The second-order valence-corrected chi connectivity index (χ2v) is 4.35. The van der Waals surface area contributed by atoms with E-state index in [0.29, 0.717) is 12.0 Å². The number of aryl methyl sites for hydroxylation is 1. The molecule has 1 heterocycles. The summed E-state index contributed by atoms with van der Waals surface area (Å²) in [5.41, 5.74) is 7.23. The Morgan fingerprint density at radius 2 is 2.24 bits per heavy atom. The predicted molar refractivity (Wildman–Crippen MR) is 65.3 cm³/mol. The highest BCUT2D eigenvalue weighted by atomic mass is 35.5. The second kappa shape index (κ2) is 4.85. The van der Waals surface area contributed by atoms with Crippen LogP contribution in [-0.2, 0) is 13.5 Å². The Bertz CT molecular complexity index is 524. The maximum atomic E-state index is 13.7. The van der Waals surface area contributed by atoms with Gasteiger partial charge >= 0.3 is 0 Å². The van der Waals surface area contributed by atoms with E-state index >= 15 is 0 Å². The minimum absolute atomic E-state index is 0.121. The molecule has 0 aliphatic rings. The van der Waals surface area contributed by atoms with Gasteiger partial charge in [-0.25, -0.2) is 4.39 Å². The van der Waals surface area contributed by atoms with Crippen molar-refractivity contribution in [3.05, 3.63) is 52.6 Å². The minimum Gasteiger partial charge on any atom is -0.322 e. The van der Waals surface area contributed by atoms with Crippen molar-refractivity contribution < 1.29 is 4.39 Å². The molecule has 90 valence electrons. The Morgan fingerprint density at radius 3 is 2.88 bits per heavy atom. The van der Waals surface area contributed by atoms with Gasteiger partial charge in [-0.1, -0.05) is 23.7 Å². The van der Waals surface area contributed by atoms with E-state index in [9.17, 15) is 4.39 Å². The second-order valence-electron chi connectivity index (χ2n) is 3.94. The quantitative estimate of drug-likeness (QED) is 0.913. The van der Waals surface area contributed by atoms with Gasteiger partial charge in [0.15, 0.2) is 0 Å². The molecule has 1 atom stereocenters. The molecule has 0 bridgehead atoms. The van der Waals surface area contributed by atoms with Crippen LogP contribution in [0.25, 0.3) is 0 Å². The van der Waals surface area contributed by atoms with E-state index in [-0.39, 0.29) is 11.1 Å². The van der Waals surface area contributed by atoms with Gasteiger partial charge in [-0.3, -0.25) is 4.68 Å². The Kier molecular flexibility index (Phi) is 3.45. The summed E-state index contributed by atoms with van der Waals surface area (Å²) in [7, 11) is 1.82. The van der Waals surface area contributed by atoms with Crippen LogP contribution in [0, 0.1) is 5.82 Å². The summed E-state index contributed by atoms with van der Waals surface area (Å²) in [6.45, 7) is 0. The van der Waals surface area contributed by atoms with Crippen LogP contribution >= 0.6 is 11.6 Å². The fraction of sp³-hybridized carbons (Fsp3) is 0.250. The number of hydrogen-bond acceptors (Lipinski definition) is 2. The topological polar surface area (TPSA) is 43.8 Å². The molecule has 0 aliphatic carbocycles. The number of rotatable bonds is 3. The first-order valence-corrected chi connectivity index (χ1v) is 5.63. The highest BCUT2D eigenvalue weighted by Gasteiger charge is 2.13. The molecule has 0 fully saturated rings. The van der Waals surface area contributed by atoms with Crippen LogP contribution in [0.15, 0.2) is 30.5 Å². The molecular formula is C12H13ClFN3. The van der Waals surface area contributed by atoms with Crippen molar-refractivity contribution in [3.63, 3.8) is 0 Å². The zero-order valence-electron chi connectivity index (χ0n) is 9.40. The zero-order valence-corrected chi connectivity index (χ0v) is 10.2. The largest absolute Gasteiger partial charge is 0.322 e. The van der Waals surface area contributed by atoms with Crippen LogP contribution in [-0.4, -0.2) is 9.78 Å². The van der Waals surface area contributed by atoms with E-state index in [1.165, 1.54) is 6.07 Å². The lowest BCUT2D eigenvalue weighted by molar-refractivity contribution is 0.586. The van der Waals surface area contributed by atoms with E-state index in [1.54, 1.807) is 16.8 Å². The molecule has 1 unspecified atom stereocenters. The Balaban J connectivity index is 2.18. The lowest BCUT2D eigenvalue weighted by Crippen LogP contribution is -2.15. The lowest BCUT2D eigenvalue weighted by atomic mass is 10.0. The summed E-state index contributed by atoms with van der Waals surface area (Å²) >= 11 is 5.71. The van der Waals surface area contributed by atoms with Crippen LogP contribution in [0.3, 0.4) is 0 Å². The molecule has 17 heavy (non-hydrogen) atoms. The van der Waals surface area contributed by atoms with E-state index in [2.05, 4.69) is 5.10 Å². The highest BCUT2D eigenvalue weighted by molar-refractivity contribution is 6.30. The van der Waals surface area contributed by atoms with Gasteiger partial charge in [-0.05, 0) is 24.1 Å². The summed E-state index contributed by atoms with van der Waals surface area (Å²) < 4.78 is 15.3. The average molecular weight is 254 g/mol. The zero-order chi connectivity index (χ0) is 12.4. The predicted octanol–water partition coefficient (Wildman–Crippen LogP) is 2.46. The van der Waals surface area contributed by atoms with Gasteiger partial charge in [-0.15, -0.1) is 0 Å². The molecule has 3 nitrogen and oxygen atoms in total. The molecular weight excluding hydrogens is 241 g/mol. The Morgan fingerprint density at radius 1 is 1.47 bits per heavy atom. The fourth-order valence-electron chi connectivity index (χ4n) is 1.68. The first-order valence-electron chi connectivity index (χ1n) is 5.26. The number of aromatic nitrogens is 2. The number of nitrogens with two attached hydrogens (primary N) is 1. The summed E-state index contributed by atoms with van der Waals surface area (Å²) in [6.07, 6.45) is 2.19. The summed E-state index contributed by atoms with van der Waals surface area (Å²) in [6, 6.07) is 6.42. The van der Waals surface area contributed by atoms with Gasteiger partial charge in [0.2, 0.25) is 0 Å². The number of nitrogens with zero attached hydrogens (tertiary/aromatic N) is 2. The number of benzene rings is 1. The van der Waals surface area contributed by atoms with Crippen molar-refractivity contribution in [2.45, 2.75) is 12.5 Å². The molecule has 0 aliphatic heterocycles. The third-order valence-corrected chi connectivity index (χ3v) is 2.88. The van der Waals surface area contributed by atoms with Crippen LogP contribution in [0.1, 0.15) is 17.3 Å². The summed E-state index contributed by atoms with van der Waals surface area (Å²) in [5, 5.41) is 4.32. The molecule has 0 amide bonds. The van der Waals surface area contributed by atoms with E-state index in [1.807, 2.05) is 19.3 Å². The molecule has 1 aromatic heterocycles. The Labute approximate surface area is 104 Å². The maximum Gasteiger partial charge on any atom is 0.145 e. The Hall–Kier alpha value is -1.39. The van der Waals surface area contributed by atoms with E-state index in [0.717, 1.165) is 5.69 Å². The van der Waals surface area contributed by atoms with Crippen LogP contribution in [0.5, 0.6) is 0 Å². The van der Waals surface area contributed by atoms with Gasteiger partial charge in [0.25, 0.3) is 0 Å². The third kappa shape index (κ3) is 2.65. The van der Waals surface area contributed by atoms with Crippen molar-refractivity contribution in [2.24, 2.45) is 12.8 Å². The maximum absolute atomic E-state index is 13.7. The van der Waals surface area contributed by atoms with Gasteiger partial charge in [0, 0.05) is 13.2 Å². The first kappa shape index (κ1) is 12.1. The molecule has 0 saturated carbocycles. The first-order chi connectivity index (χ1) is 8.08. The normalized spacial score (nSPS) is 12.7. The van der Waals surface area contributed by atoms with Crippen LogP contribution in [0.2, 0.25) is 5.02 Å². The SMILES string of the molecule is Cn1ccc(C(N)Cc2cccc(Cl)c2F)n1. The molecule has 0 saturated heterocycles. The van der Waals surface area contributed by atoms with Gasteiger partial charge in [0.05, 0.1) is 16.8 Å². The summed E-state index contributed by atoms with van der Waals surface area (Å²) in [4.78, 5) is 0. The smallest absolute Gasteiger partial charge is 0.145 e. The van der Waals surface area contributed by atoms with E-state index in [4.69, 9.17) is 17.3 Å². The fourth-order valence-corrected chi connectivity index (χ4v) is 1.87. The van der Waals surface area contributed by atoms with Crippen molar-refractivity contribution in [1.29, 1.82) is 0 Å². The number of halogens is 2. The highest BCUT2D eigenvalue weighted by Crippen LogP contribution is 2.22. The average Bonchev–Trinajstić information content (AvgIpc) is 2.72. The van der Waals surface area contributed by atoms with Gasteiger partial charge in [-0.2, -0.15) is 5.10 Å². The molecule has 2 rings (SSSR count). The lowest BCUT2D eigenvalue weighted by Gasteiger charge is -2.10. The third-order valence-electron chi connectivity index (χ3n) is 2.59. The van der Waals surface area contributed by atoms with Crippen LogP contribution < -0.4 is 5.73 Å². The molecule has 1 aromatic carbocycles. The van der Waals surface area contributed by atoms with Gasteiger partial charge in [0.1, 0.15) is 5.82 Å². The molecule has 0 radical (unpaired) electrons. The summed E-state index contributed by atoms with van der Waals surface area (Å²) in [5.74, 6) is -0.402. The van der Waals surface area contributed by atoms with Crippen molar-refractivity contribution >= 4 is 11.6 Å². The van der Waals surface area contributed by atoms with Crippen LogP contribution in [0.4, 0.5) is 4.39 Å². The monoisotopic (exact) mass is 253 g/mol.